The van der Waals surface area contributed by atoms with Gasteiger partial charge in [0.25, 0.3) is 5.91 Å². The highest BCUT2D eigenvalue weighted by Crippen LogP contribution is 2.31. The largest absolute Gasteiger partial charge is 0.355 e. The topological polar surface area (TPSA) is 73.0 Å². The zero-order valence-corrected chi connectivity index (χ0v) is 20.2. The highest BCUT2D eigenvalue weighted by atomic mass is 19.1. The standard InChI is InChI=1S/C29H25FN4O2/c1-18-13-19(2)27(20(3)14-18)28-22(17-34(32-28)24-7-5-4-6-8-24)16-31-29(35)25-15-26(36-33-25)21-9-11-23(30)12-10-21/h4-15,17H,16H2,1-3H3,(H,31,35). The molecule has 0 fully saturated rings. The minimum absolute atomic E-state index is 0.147. The number of aryl methyl sites for hydroxylation is 3. The number of para-hydroxylation sites is 1. The molecule has 0 aliphatic rings. The molecule has 6 nitrogen and oxygen atoms in total. The highest BCUT2D eigenvalue weighted by molar-refractivity contribution is 5.93. The Bertz CT molecular complexity index is 1510. The Balaban J connectivity index is 1.43. The number of nitrogens with one attached hydrogen (secondary N) is 1. The predicted molar refractivity (Wildman–Crippen MR) is 136 cm³/mol. The molecule has 0 aliphatic heterocycles. The molecule has 0 saturated carbocycles. The second-order valence-corrected chi connectivity index (χ2v) is 8.82. The van der Waals surface area contributed by atoms with Gasteiger partial charge in [0.05, 0.1) is 11.4 Å². The van der Waals surface area contributed by atoms with E-state index < -0.39 is 0 Å². The first-order valence-corrected chi connectivity index (χ1v) is 11.6. The van der Waals surface area contributed by atoms with E-state index in [-0.39, 0.29) is 24.0 Å². The van der Waals surface area contributed by atoms with E-state index in [0.29, 0.717) is 11.3 Å². The summed E-state index contributed by atoms with van der Waals surface area (Å²) in [6, 6.07) is 21.5. The molecule has 0 bridgehead atoms. The van der Waals surface area contributed by atoms with Crippen LogP contribution in [0.1, 0.15) is 32.7 Å². The van der Waals surface area contributed by atoms with Gasteiger partial charge in [0.1, 0.15) is 5.82 Å². The van der Waals surface area contributed by atoms with E-state index in [2.05, 4.69) is 43.4 Å². The molecule has 7 heteroatoms. The van der Waals surface area contributed by atoms with Crippen molar-refractivity contribution in [2.45, 2.75) is 27.3 Å². The van der Waals surface area contributed by atoms with E-state index in [9.17, 15) is 9.18 Å². The van der Waals surface area contributed by atoms with Gasteiger partial charge in [-0.3, -0.25) is 4.79 Å². The SMILES string of the molecule is Cc1cc(C)c(-c2nn(-c3ccccc3)cc2CNC(=O)c2cc(-c3ccc(F)cc3)on2)c(C)c1. The maximum atomic E-state index is 13.2. The van der Waals surface area contributed by atoms with Crippen LogP contribution in [0.5, 0.6) is 0 Å². The molecule has 1 amide bonds. The Labute approximate surface area is 208 Å². The van der Waals surface area contributed by atoms with E-state index in [4.69, 9.17) is 9.62 Å². The van der Waals surface area contributed by atoms with Crippen molar-refractivity contribution in [1.82, 2.24) is 20.3 Å². The second kappa shape index (κ2) is 9.62. The fourth-order valence-electron chi connectivity index (χ4n) is 4.41. The van der Waals surface area contributed by atoms with Gasteiger partial charge < -0.3 is 9.84 Å². The zero-order chi connectivity index (χ0) is 25.2. The van der Waals surface area contributed by atoms with Gasteiger partial charge in [0, 0.05) is 35.5 Å². The number of benzene rings is 3. The summed E-state index contributed by atoms with van der Waals surface area (Å²) in [5, 5.41) is 11.7. The molecule has 0 aliphatic carbocycles. The lowest BCUT2D eigenvalue weighted by atomic mass is 9.95. The number of hydrogen-bond acceptors (Lipinski definition) is 4. The Hall–Kier alpha value is -4.52. The molecule has 3 aromatic carbocycles. The van der Waals surface area contributed by atoms with Crippen molar-refractivity contribution in [1.29, 1.82) is 0 Å². The number of carbonyl (C=O) groups excluding carboxylic acids is 1. The summed E-state index contributed by atoms with van der Waals surface area (Å²) in [6.07, 6.45) is 1.94. The molecule has 0 saturated heterocycles. The van der Waals surface area contributed by atoms with Crippen LogP contribution in [0.3, 0.4) is 0 Å². The number of halogens is 1. The monoisotopic (exact) mass is 480 g/mol. The third-order valence-corrected chi connectivity index (χ3v) is 6.04. The lowest BCUT2D eigenvalue weighted by Crippen LogP contribution is -2.23. The minimum Gasteiger partial charge on any atom is -0.355 e. The fourth-order valence-corrected chi connectivity index (χ4v) is 4.41. The average molecular weight is 481 g/mol. The number of nitrogens with zero attached hydrogens (tertiary/aromatic N) is 3. The van der Waals surface area contributed by atoms with Crippen LogP contribution in [0.15, 0.2) is 83.5 Å². The number of carbonyl (C=O) groups is 1. The maximum absolute atomic E-state index is 13.2. The van der Waals surface area contributed by atoms with E-state index in [1.807, 2.05) is 41.2 Å². The van der Waals surface area contributed by atoms with Gasteiger partial charge in [-0.05, 0) is 68.3 Å². The molecule has 2 aromatic heterocycles. The van der Waals surface area contributed by atoms with Gasteiger partial charge in [-0.1, -0.05) is 41.1 Å². The van der Waals surface area contributed by atoms with E-state index in [1.54, 1.807) is 18.2 Å². The summed E-state index contributed by atoms with van der Waals surface area (Å²) in [5.74, 6) is -0.325. The Morgan fingerprint density at radius 2 is 1.67 bits per heavy atom. The van der Waals surface area contributed by atoms with E-state index in [1.165, 1.54) is 17.7 Å². The first-order valence-electron chi connectivity index (χ1n) is 11.6. The summed E-state index contributed by atoms with van der Waals surface area (Å²) >= 11 is 0. The van der Waals surface area contributed by atoms with Gasteiger partial charge in [-0.25, -0.2) is 9.07 Å². The molecule has 180 valence electrons. The number of amides is 1. The highest BCUT2D eigenvalue weighted by Gasteiger charge is 2.19. The summed E-state index contributed by atoms with van der Waals surface area (Å²) < 4.78 is 20.4. The summed E-state index contributed by atoms with van der Waals surface area (Å²) in [6.45, 7) is 6.48. The Kier molecular flexibility index (Phi) is 6.21. The van der Waals surface area contributed by atoms with Crippen LogP contribution in [-0.2, 0) is 6.54 Å². The van der Waals surface area contributed by atoms with Crippen molar-refractivity contribution in [3.8, 4) is 28.3 Å². The van der Waals surface area contributed by atoms with Crippen LogP contribution in [0.25, 0.3) is 28.3 Å². The molecule has 0 spiro atoms. The lowest BCUT2D eigenvalue weighted by Gasteiger charge is -2.11. The van der Waals surface area contributed by atoms with Gasteiger partial charge in [-0.2, -0.15) is 5.10 Å². The quantitative estimate of drug-likeness (QED) is 0.315. The molecule has 36 heavy (non-hydrogen) atoms. The van der Waals surface area contributed by atoms with E-state index >= 15 is 0 Å². The Morgan fingerprint density at radius 1 is 0.972 bits per heavy atom. The van der Waals surface area contributed by atoms with Crippen LogP contribution < -0.4 is 5.32 Å². The molecule has 5 aromatic rings. The third-order valence-electron chi connectivity index (χ3n) is 6.04. The average Bonchev–Trinajstić information content (AvgIpc) is 3.51. The van der Waals surface area contributed by atoms with Crippen molar-refractivity contribution >= 4 is 5.91 Å². The lowest BCUT2D eigenvalue weighted by molar-refractivity contribution is 0.0942. The molecular formula is C29H25FN4O2. The molecule has 5 rings (SSSR count). The summed E-state index contributed by atoms with van der Waals surface area (Å²) in [4.78, 5) is 12.9. The molecule has 1 N–H and O–H groups in total. The smallest absolute Gasteiger partial charge is 0.273 e. The number of hydrogen-bond donors (Lipinski definition) is 1. The first-order chi connectivity index (χ1) is 17.4. The minimum atomic E-state index is -0.372. The van der Waals surface area contributed by atoms with Crippen molar-refractivity contribution in [3.05, 3.63) is 113 Å². The zero-order valence-electron chi connectivity index (χ0n) is 20.2. The molecule has 2 heterocycles. The van der Waals surface area contributed by atoms with Crippen LogP contribution >= 0.6 is 0 Å². The molecule has 0 atom stereocenters. The van der Waals surface area contributed by atoms with Crippen molar-refractivity contribution in [3.63, 3.8) is 0 Å². The predicted octanol–water partition coefficient (Wildman–Crippen LogP) is 6.19. The van der Waals surface area contributed by atoms with Gasteiger partial charge in [-0.15, -0.1) is 0 Å². The van der Waals surface area contributed by atoms with Crippen molar-refractivity contribution in [2.24, 2.45) is 0 Å². The van der Waals surface area contributed by atoms with Crippen molar-refractivity contribution in [2.75, 3.05) is 0 Å². The summed E-state index contributed by atoms with van der Waals surface area (Å²) in [7, 11) is 0. The Morgan fingerprint density at radius 3 is 2.36 bits per heavy atom. The first kappa shape index (κ1) is 23.2. The fraction of sp³-hybridized carbons (Fsp3) is 0.138. The second-order valence-electron chi connectivity index (χ2n) is 8.82. The van der Waals surface area contributed by atoms with Crippen LogP contribution in [0.2, 0.25) is 0 Å². The van der Waals surface area contributed by atoms with Crippen LogP contribution in [0, 0.1) is 26.6 Å². The molecule has 0 radical (unpaired) electrons. The third kappa shape index (κ3) is 4.68. The van der Waals surface area contributed by atoms with Gasteiger partial charge in [0.2, 0.25) is 0 Å². The van der Waals surface area contributed by atoms with Crippen LogP contribution in [-0.4, -0.2) is 20.8 Å². The van der Waals surface area contributed by atoms with Gasteiger partial charge in [0.15, 0.2) is 11.5 Å². The summed E-state index contributed by atoms with van der Waals surface area (Å²) in [5.41, 5.74) is 7.91. The van der Waals surface area contributed by atoms with Crippen molar-refractivity contribution < 1.29 is 13.7 Å². The maximum Gasteiger partial charge on any atom is 0.273 e. The van der Waals surface area contributed by atoms with E-state index in [0.717, 1.165) is 33.6 Å². The number of aromatic nitrogens is 3. The van der Waals surface area contributed by atoms with Gasteiger partial charge >= 0.3 is 0 Å². The normalized spacial score (nSPS) is 11.0. The molecule has 0 unspecified atom stereocenters. The van der Waals surface area contributed by atoms with Crippen LogP contribution in [0.4, 0.5) is 4.39 Å². The number of rotatable bonds is 6. The molecular weight excluding hydrogens is 455 g/mol.